The Morgan fingerprint density at radius 3 is 2.12 bits per heavy atom. The summed E-state index contributed by atoms with van der Waals surface area (Å²) >= 11 is 0. The molecule has 266 valence electrons. The van der Waals surface area contributed by atoms with Gasteiger partial charge in [-0.05, 0) is 67.5 Å². The zero-order valence-electron chi connectivity index (χ0n) is 27.2. The third-order valence-electron chi connectivity index (χ3n) is 8.36. The largest absolute Gasteiger partial charge is 0.480 e. The first kappa shape index (κ1) is 35.4. The maximum Gasteiger partial charge on any atom is 0.387 e. The number of alkyl halides is 4. The first-order valence-corrected chi connectivity index (χ1v) is 15.7. The molecule has 52 heavy (non-hydrogen) atoms. The third kappa shape index (κ3) is 8.65. The van der Waals surface area contributed by atoms with Gasteiger partial charge in [-0.15, -0.1) is 0 Å². The number of halogens is 4. The Kier molecular flexibility index (Phi) is 10.4. The van der Waals surface area contributed by atoms with Crippen LogP contribution in [-0.2, 0) is 4.74 Å². The molecule has 0 unspecified atom stereocenters. The van der Waals surface area contributed by atoms with Crippen molar-refractivity contribution >= 4 is 17.8 Å². The minimum Gasteiger partial charge on any atom is -0.480 e. The maximum absolute atomic E-state index is 13.5. The van der Waals surface area contributed by atoms with Crippen molar-refractivity contribution in [2.45, 2.75) is 51.1 Å². The molecule has 3 N–H and O–H groups in total. The van der Waals surface area contributed by atoms with Crippen LogP contribution in [0, 0.1) is 29.1 Å². The van der Waals surface area contributed by atoms with Crippen LogP contribution >= 0.6 is 0 Å². The zero-order chi connectivity index (χ0) is 36.8. The summed E-state index contributed by atoms with van der Waals surface area (Å²) in [4.78, 5) is 42.5. The fourth-order valence-electron chi connectivity index (χ4n) is 5.74. The maximum atomic E-state index is 13.5. The highest BCUT2D eigenvalue weighted by atomic mass is 19.3. The summed E-state index contributed by atoms with van der Waals surface area (Å²) in [5.74, 6) is 9.06. The number of carbonyl (C=O) groups is 2. The molecule has 16 heteroatoms. The number of nitrogens with zero attached hydrogens (tertiary/aromatic N) is 4. The van der Waals surface area contributed by atoms with E-state index in [1.807, 2.05) is 0 Å². The lowest BCUT2D eigenvalue weighted by atomic mass is 10.1. The molecule has 1 spiro atoms. The number of aromatic nitrogens is 4. The van der Waals surface area contributed by atoms with Gasteiger partial charge in [0.25, 0.3) is 5.91 Å². The Hall–Kier alpha value is -6.42. The van der Waals surface area contributed by atoms with E-state index in [0.29, 0.717) is 18.4 Å². The Morgan fingerprint density at radius 2 is 1.48 bits per heavy atom. The van der Waals surface area contributed by atoms with Crippen LogP contribution in [0.2, 0.25) is 0 Å². The predicted octanol–water partition coefficient (Wildman–Crippen LogP) is 4.76. The minimum atomic E-state index is -3.16. The van der Waals surface area contributed by atoms with Crippen LogP contribution in [0.5, 0.6) is 17.4 Å². The number of hydrogen-bond acceptors (Lipinski definition) is 11. The number of nitrogens with two attached hydrogens (primary N) is 1. The Bertz CT molecular complexity index is 2110. The topological polar surface area (TPSA) is 161 Å². The number of nitrogens with one attached hydrogen (secondary N) is 1. The lowest BCUT2D eigenvalue weighted by Gasteiger charge is -2.22. The molecule has 12 nitrogen and oxygen atoms in total. The average molecular weight is 717 g/mol. The number of benzene rings is 2. The molecule has 2 fully saturated rings. The first-order valence-electron chi connectivity index (χ1n) is 15.7. The molecule has 2 atom stereocenters. The van der Waals surface area contributed by atoms with E-state index in [1.54, 1.807) is 0 Å². The second-order valence-corrected chi connectivity index (χ2v) is 11.9. The standard InChI is InChI=1S/C36H28F4N6O6/c1-49-31-25(18-44-35(41)46-31)5-4-22-12-23(6-8-27(22)51-33(37)38)30(47)45-26-14-36(10-11-36)15-29(26)50-32(48)24-7-9-28(52-34(39)40)21(13-24)3-2-20-16-42-19-43-17-20/h6-9,12-13,16-19,26,29,33-34H,10-11,14-15H2,1H3,(H,45,47)(H2,41,44,46)/t26-,29-/m0/s1. The van der Waals surface area contributed by atoms with Crippen molar-refractivity contribution in [1.29, 1.82) is 0 Å². The van der Waals surface area contributed by atoms with Crippen molar-refractivity contribution in [3.63, 3.8) is 0 Å². The second-order valence-electron chi connectivity index (χ2n) is 11.9. The van der Waals surface area contributed by atoms with Crippen molar-refractivity contribution in [2.24, 2.45) is 5.41 Å². The van der Waals surface area contributed by atoms with Crippen LogP contribution in [0.1, 0.15) is 68.7 Å². The highest BCUT2D eigenvalue weighted by Crippen LogP contribution is 2.58. The van der Waals surface area contributed by atoms with E-state index in [1.165, 1.54) is 68.4 Å². The van der Waals surface area contributed by atoms with E-state index < -0.39 is 37.2 Å². The molecule has 4 aromatic rings. The third-order valence-corrected chi connectivity index (χ3v) is 8.36. The number of amides is 1. The fourth-order valence-corrected chi connectivity index (χ4v) is 5.74. The van der Waals surface area contributed by atoms with Crippen molar-refractivity contribution < 1.29 is 46.1 Å². The number of carbonyl (C=O) groups excluding carboxylic acids is 2. The Labute approximate surface area is 294 Å². The van der Waals surface area contributed by atoms with E-state index in [4.69, 9.17) is 15.2 Å². The van der Waals surface area contributed by atoms with Crippen LogP contribution in [-0.4, -0.2) is 64.3 Å². The summed E-state index contributed by atoms with van der Waals surface area (Å²) in [6.07, 6.45) is 7.53. The molecule has 2 aliphatic rings. The van der Waals surface area contributed by atoms with Gasteiger partial charge in [-0.2, -0.15) is 22.5 Å². The lowest BCUT2D eigenvalue weighted by Crippen LogP contribution is -2.42. The van der Waals surface area contributed by atoms with E-state index in [9.17, 15) is 27.2 Å². The van der Waals surface area contributed by atoms with Gasteiger partial charge in [0, 0.05) is 18.0 Å². The smallest absolute Gasteiger partial charge is 0.387 e. The van der Waals surface area contributed by atoms with Gasteiger partial charge in [0.15, 0.2) is 0 Å². The molecule has 6 rings (SSSR count). The van der Waals surface area contributed by atoms with Gasteiger partial charge in [0.05, 0.1) is 41.6 Å². The van der Waals surface area contributed by atoms with Crippen LogP contribution < -0.4 is 25.3 Å². The van der Waals surface area contributed by atoms with E-state index in [2.05, 4.69) is 58.4 Å². The second kappa shape index (κ2) is 15.2. The molecule has 0 saturated heterocycles. The molecule has 2 heterocycles. The summed E-state index contributed by atoms with van der Waals surface area (Å²) < 4.78 is 72.9. The number of anilines is 1. The van der Waals surface area contributed by atoms with Crippen LogP contribution in [0.15, 0.2) is 61.3 Å². The van der Waals surface area contributed by atoms with Gasteiger partial charge >= 0.3 is 19.2 Å². The van der Waals surface area contributed by atoms with Gasteiger partial charge in [0.2, 0.25) is 11.8 Å². The SMILES string of the molecule is COc1nc(N)ncc1C#Cc1cc(C(=O)N[C@H]2CC3(CC3)C[C@@H]2OC(=O)c2ccc(OC(F)F)c(C#Cc3cncnc3)c2)ccc1OC(F)F. The van der Waals surface area contributed by atoms with Crippen molar-refractivity contribution in [1.82, 2.24) is 25.3 Å². The quantitative estimate of drug-likeness (QED) is 0.140. The van der Waals surface area contributed by atoms with Crippen LogP contribution in [0.25, 0.3) is 0 Å². The molecule has 0 radical (unpaired) electrons. The number of nitrogen functional groups attached to an aromatic ring is 1. The average Bonchev–Trinajstić information content (AvgIpc) is 3.80. The first-order chi connectivity index (χ1) is 25.0. The van der Waals surface area contributed by atoms with Gasteiger partial charge in [-0.1, -0.05) is 23.7 Å². The van der Waals surface area contributed by atoms with Crippen LogP contribution in [0.3, 0.4) is 0 Å². The van der Waals surface area contributed by atoms with Gasteiger partial charge in [-0.3, -0.25) is 4.79 Å². The monoisotopic (exact) mass is 716 g/mol. The molecule has 0 aliphatic heterocycles. The lowest BCUT2D eigenvalue weighted by molar-refractivity contribution is -0.0507. The predicted molar refractivity (Wildman–Crippen MR) is 174 cm³/mol. The van der Waals surface area contributed by atoms with Crippen LogP contribution in [0.4, 0.5) is 23.5 Å². The summed E-state index contributed by atoms with van der Waals surface area (Å²) in [5, 5.41) is 2.92. The highest BCUT2D eigenvalue weighted by Gasteiger charge is 2.54. The fraction of sp³-hybridized carbons (Fsp3) is 0.278. The molecule has 2 aromatic heterocycles. The van der Waals surface area contributed by atoms with Gasteiger partial charge in [-0.25, -0.2) is 19.7 Å². The summed E-state index contributed by atoms with van der Waals surface area (Å²) in [7, 11) is 1.35. The highest BCUT2D eigenvalue weighted by molar-refractivity contribution is 5.95. The van der Waals surface area contributed by atoms with E-state index in [0.717, 1.165) is 12.8 Å². The molecule has 0 bridgehead atoms. The Balaban J connectivity index is 1.21. The number of methoxy groups -OCH3 is 1. The van der Waals surface area contributed by atoms with Gasteiger partial charge in [0.1, 0.15) is 29.5 Å². The summed E-state index contributed by atoms with van der Waals surface area (Å²) in [6, 6.07) is 6.96. The van der Waals surface area contributed by atoms with E-state index in [-0.39, 0.29) is 56.6 Å². The molecule has 2 aromatic carbocycles. The van der Waals surface area contributed by atoms with Gasteiger partial charge < -0.3 is 30.0 Å². The summed E-state index contributed by atoms with van der Waals surface area (Å²) in [5.41, 5.74) is 6.18. The number of rotatable bonds is 9. The van der Waals surface area contributed by atoms with E-state index >= 15 is 0 Å². The van der Waals surface area contributed by atoms with Crippen molar-refractivity contribution in [2.75, 3.05) is 12.8 Å². The minimum absolute atomic E-state index is 0.00840. The number of hydrogen-bond donors (Lipinski definition) is 2. The number of esters is 1. The normalized spacial score (nSPS) is 16.7. The zero-order valence-corrected chi connectivity index (χ0v) is 27.2. The molecule has 2 saturated carbocycles. The molecular formula is C36H28F4N6O6. The Morgan fingerprint density at radius 1 is 0.865 bits per heavy atom. The summed E-state index contributed by atoms with van der Waals surface area (Å²) in [6.45, 7) is -6.29. The van der Waals surface area contributed by atoms with Crippen molar-refractivity contribution in [3.8, 4) is 41.1 Å². The number of ether oxygens (including phenoxy) is 4. The molecule has 1 amide bonds. The molecule has 2 aliphatic carbocycles. The van der Waals surface area contributed by atoms with Crippen molar-refractivity contribution in [3.05, 3.63) is 94.7 Å². The molecular weight excluding hydrogens is 688 g/mol.